The molecule has 4 nitrogen and oxygen atoms in total. The van der Waals surface area contributed by atoms with Gasteiger partial charge < -0.3 is 15.4 Å². The summed E-state index contributed by atoms with van der Waals surface area (Å²) in [7, 11) is 1.84. The molecule has 1 aromatic rings. The lowest BCUT2D eigenvalue weighted by molar-refractivity contribution is -0.121. The summed E-state index contributed by atoms with van der Waals surface area (Å²) in [5.41, 5.74) is 1.05. The maximum atomic E-state index is 11.6. The van der Waals surface area contributed by atoms with Gasteiger partial charge in [-0.25, -0.2) is 0 Å². The number of ether oxygens (including phenoxy) is 1. The molecule has 0 radical (unpaired) electrons. The van der Waals surface area contributed by atoms with Gasteiger partial charge in [-0.05, 0) is 32.4 Å². The number of amides is 1. The fraction of sp³-hybridized carbons (Fsp3) is 0.533. The number of nitrogens with one attached hydrogen (secondary N) is 2. The molecule has 0 heterocycles. The average molecular weight is 299 g/mol. The van der Waals surface area contributed by atoms with Crippen LogP contribution in [-0.4, -0.2) is 25.6 Å². The molecule has 20 heavy (non-hydrogen) atoms. The Morgan fingerprint density at radius 1 is 1.35 bits per heavy atom. The second-order valence-corrected chi connectivity index (χ2v) is 4.91. The number of carbonyl (C=O) groups excluding carboxylic acids is 1. The molecule has 0 aliphatic heterocycles. The van der Waals surface area contributed by atoms with E-state index in [0.29, 0.717) is 25.6 Å². The second kappa shape index (κ2) is 8.82. The Morgan fingerprint density at radius 2 is 2.10 bits per heavy atom. The fourth-order valence-corrected chi connectivity index (χ4v) is 1.95. The Balaban J connectivity index is 0.00000200. The minimum atomic E-state index is 0. The predicted octanol–water partition coefficient (Wildman–Crippen LogP) is 2.27. The van der Waals surface area contributed by atoms with E-state index in [9.17, 15) is 4.79 Å². The predicted molar refractivity (Wildman–Crippen MR) is 82.3 cm³/mol. The van der Waals surface area contributed by atoms with Gasteiger partial charge in [0.1, 0.15) is 5.75 Å². The van der Waals surface area contributed by atoms with Gasteiger partial charge in [0.05, 0.1) is 6.10 Å². The van der Waals surface area contributed by atoms with Crippen molar-refractivity contribution >= 4 is 18.3 Å². The van der Waals surface area contributed by atoms with E-state index < -0.39 is 0 Å². The van der Waals surface area contributed by atoms with E-state index in [1.807, 2.05) is 31.3 Å². The van der Waals surface area contributed by atoms with Gasteiger partial charge in [-0.2, -0.15) is 0 Å². The summed E-state index contributed by atoms with van der Waals surface area (Å²) in [6, 6.07) is 7.93. The van der Waals surface area contributed by atoms with Crippen LogP contribution in [0.15, 0.2) is 24.3 Å². The fourth-order valence-electron chi connectivity index (χ4n) is 1.95. The van der Waals surface area contributed by atoms with Crippen molar-refractivity contribution in [1.29, 1.82) is 0 Å². The molecule has 2 rings (SSSR count). The van der Waals surface area contributed by atoms with Crippen molar-refractivity contribution in [3.8, 4) is 5.75 Å². The minimum Gasteiger partial charge on any atom is -0.490 e. The summed E-state index contributed by atoms with van der Waals surface area (Å²) in [5, 5.41) is 5.89. The Bertz CT molecular complexity index is 422. The van der Waals surface area contributed by atoms with Crippen LogP contribution < -0.4 is 15.4 Å². The van der Waals surface area contributed by atoms with Crippen LogP contribution in [0.4, 0.5) is 0 Å². The first-order valence-corrected chi connectivity index (χ1v) is 6.95. The van der Waals surface area contributed by atoms with Crippen LogP contribution in [-0.2, 0) is 11.3 Å². The first-order chi connectivity index (χ1) is 9.29. The maximum absolute atomic E-state index is 11.6. The second-order valence-electron chi connectivity index (χ2n) is 4.91. The van der Waals surface area contributed by atoms with Crippen molar-refractivity contribution in [3.63, 3.8) is 0 Å². The van der Waals surface area contributed by atoms with E-state index in [4.69, 9.17) is 4.74 Å². The number of hydrogen-bond donors (Lipinski definition) is 2. The van der Waals surface area contributed by atoms with Crippen LogP contribution in [0.5, 0.6) is 5.75 Å². The van der Waals surface area contributed by atoms with Gasteiger partial charge in [0.15, 0.2) is 0 Å². The van der Waals surface area contributed by atoms with Crippen LogP contribution in [0.25, 0.3) is 0 Å². The molecule has 0 atom stereocenters. The van der Waals surface area contributed by atoms with Crippen LogP contribution in [0.1, 0.15) is 31.2 Å². The van der Waals surface area contributed by atoms with E-state index >= 15 is 0 Å². The molecule has 1 aromatic carbocycles. The van der Waals surface area contributed by atoms with Crippen molar-refractivity contribution in [1.82, 2.24) is 10.6 Å². The molecule has 5 heteroatoms. The Labute approximate surface area is 126 Å². The van der Waals surface area contributed by atoms with E-state index in [0.717, 1.165) is 24.2 Å². The van der Waals surface area contributed by atoms with Crippen LogP contribution >= 0.6 is 12.4 Å². The molecule has 1 aliphatic carbocycles. The van der Waals surface area contributed by atoms with Crippen molar-refractivity contribution < 1.29 is 9.53 Å². The van der Waals surface area contributed by atoms with Crippen LogP contribution in [0.2, 0.25) is 0 Å². The molecular formula is C15H23ClN2O2. The zero-order chi connectivity index (χ0) is 13.5. The highest BCUT2D eigenvalue weighted by Crippen LogP contribution is 2.27. The Hall–Kier alpha value is -1.26. The highest BCUT2D eigenvalue weighted by atomic mass is 35.5. The van der Waals surface area contributed by atoms with Gasteiger partial charge in [0.2, 0.25) is 5.91 Å². The third-order valence-electron chi connectivity index (χ3n) is 3.40. The summed E-state index contributed by atoms with van der Waals surface area (Å²) in [5.74, 6) is 0.967. The molecule has 0 saturated heterocycles. The molecule has 2 N–H and O–H groups in total. The van der Waals surface area contributed by atoms with Crippen LogP contribution in [0, 0.1) is 0 Å². The van der Waals surface area contributed by atoms with Crippen molar-refractivity contribution in [2.45, 2.75) is 38.3 Å². The Kier molecular flexibility index (Phi) is 7.41. The molecule has 1 fully saturated rings. The highest BCUT2D eigenvalue weighted by molar-refractivity contribution is 5.85. The number of hydrogen-bond acceptors (Lipinski definition) is 3. The molecule has 1 amide bonds. The summed E-state index contributed by atoms with van der Waals surface area (Å²) < 4.78 is 5.93. The lowest BCUT2D eigenvalue weighted by atomic mass is 9.96. The quantitative estimate of drug-likeness (QED) is 0.812. The Morgan fingerprint density at radius 3 is 2.75 bits per heavy atom. The van der Waals surface area contributed by atoms with E-state index in [1.54, 1.807) is 0 Å². The molecule has 1 aliphatic rings. The standard InChI is InChI=1S/C15H22N2O2.ClH/c1-16-10-9-15(18)17-11-12-5-2-3-8-14(12)19-13-6-4-7-13;/h2-3,5,8,13,16H,4,6-7,9-11H2,1H3,(H,17,18);1H. The van der Waals surface area contributed by atoms with Gasteiger partial charge in [-0.15, -0.1) is 12.4 Å². The number of benzene rings is 1. The third-order valence-corrected chi connectivity index (χ3v) is 3.40. The summed E-state index contributed by atoms with van der Waals surface area (Å²) in [6.45, 7) is 1.23. The third kappa shape index (κ3) is 5.02. The van der Waals surface area contributed by atoms with Gasteiger partial charge in [-0.3, -0.25) is 4.79 Å². The number of rotatable bonds is 7. The largest absolute Gasteiger partial charge is 0.490 e. The summed E-state index contributed by atoms with van der Waals surface area (Å²) in [4.78, 5) is 11.6. The van der Waals surface area contributed by atoms with E-state index in [1.165, 1.54) is 6.42 Å². The summed E-state index contributed by atoms with van der Waals surface area (Å²) in [6.07, 6.45) is 4.41. The zero-order valence-corrected chi connectivity index (χ0v) is 12.7. The maximum Gasteiger partial charge on any atom is 0.221 e. The molecule has 112 valence electrons. The lowest BCUT2D eigenvalue weighted by Crippen LogP contribution is -2.28. The number of para-hydroxylation sites is 1. The highest BCUT2D eigenvalue weighted by Gasteiger charge is 2.20. The van der Waals surface area contributed by atoms with Crippen molar-refractivity contribution in [3.05, 3.63) is 29.8 Å². The SMILES string of the molecule is CNCCC(=O)NCc1ccccc1OC1CCC1.Cl. The first kappa shape index (κ1) is 16.8. The van der Waals surface area contributed by atoms with E-state index in [2.05, 4.69) is 10.6 Å². The monoisotopic (exact) mass is 298 g/mol. The molecule has 0 unspecified atom stereocenters. The first-order valence-electron chi connectivity index (χ1n) is 6.95. The van der Waals surface area contributed by atoms with Gasteiger partial charge in [-0.1, -0.05) is 18.2 Å². The van der Waals surface area contributed by atoms with Gasteiger partial charge in [0.25, 0.3) is 0 Å². The van der Waals surface area contributed by atoms with Crippen LogP contribution in [0.3, 0.4) is 0 Å². The minimum absolute atomic E-state index is 0. The van der Waals surface area contributed by atoms with Gasteiger partial charge >= 0.3 is 0 Å². The van der Waals surface area contributed by atoms with Crippen molar-refractivity contribution in [2.24, 2.45) is 0 Å². The normalized spacial score (nSPS) is 14.1. The molecule has 0 spiro atoms. The molecule has 1 saturated carbocycles. The molecular weight excluding hydrogens is 276 g/mol. The number of carbonyl (C=O) groups is 1. The topological polar surface area (TPSA) is 50.4 Å². The molecule has 0 bridgehead atoms. The smallest absolute Gasteiger partial charge is 0.221 e. The summed E-state index contributed by atoms with van der Waals surface area (Å²) >= 11 is 0. The van der Waals surface area contributed by atoms with Crippen molar-refractivity contribution in [2.75, 3.05) is 13.6 Å². The zero-order valence-electron chi connectivity index (χ0n) is 11.9. The average Bonchev–Trinajstić information content (AvgIpc) is 2.39. The van der Waals surface area contributed by atoms with Gasteiger partial charge in [0, 0.05) is 25.1 Å². The number of halogens is 1. The van der Waals surface area contributed by atoms with E-state index in [-0.39, 0.29) is 18.3 Å². The molecule has 0 aromatic heterocycles. The lowest BCUT2D eigenvalue weighted by Gasteiger charge is -2.27.